The van der Waals surface area contributed by atoms with E-state index >= 15 is 0 Å². The molecule has 0 spiro atoms. The molecule has 0 radical (unpaired) electrons. The molecule has 0 bridgehead atoms. The summed E-state index contributed by atoms with van der Waals surface area (Å²) in [6.07, 6.45) is 2.26. The van der Waals surface area contributed by atoms with E-state index in [2.05, 4.69) is 61.5 Å². The van der Waals surface area contributed by atoms with Crippen LogP contribution in [0.25, 0.3) is 10.8 Å². The second-order valence-electron chi connectivity index (χ2n) is 7.25. The van der Waals surface area contributed by atoms with Gasteiger partial charge in [-0.3, -0.25) is 0 Å². The second kappa shape index (κ2) is 6.83. The summed E-state index contributed by atoms with van der Waals surface area (Å²) >= 11 is 0. The van der Waals surface area contributed by atoms with Crippen LogP contribution in [0.3, 0.4) is 0 Å². The average Bonchev–Trinajstić information content (AvgIpc) is 3.09. The average molecular weight is 343 g/mol. The Balaban J connectivity index is 1.59. The number of nitrogens with zero attached hydrogens (tertiary/aromatic N) is 2. The lowest BCUT2D eigenvalue weighted by Gasteiger charge is -2.23. The summed E-state index contributed by atoms with van der Waals surface area (Å²) in [7, 11) is 2.01. The molecule has 4 rings (SSSR count). The Hall–Kier alpha value is -2.81. The third-order valence-electron chi connectivity index (χ3n) is 5.40. The Kier molecular flexibility index (Phi) is 4.37. The topological polar surface area (TPSA) is 41.6 Å². The standard InChI is InChI=1S/C23H25N3/c1-16(17-7-4-3-5-8-17)15-26(2)23(24)25-21-14-13-19-12-11-18-9-6-10-20(21)22(18)19/h3-10,13-14,16H,11-12,15H2,1-2H3,(H2,24,25). The van der Waals surface area contributed by atoms with Crippen molar-refractivity contribution in [3.63, 3.8) is 0 Å². The van der Waals surface area contributed by atoms with E-state index in [0.29, 0.717) is 11.9 Å². The van der Waals surface area contributed by atoms with Crippen LogP contribution in [0.15, 0.2) is 65.7 Å². The highest BCUT2D eigenvalue weighted by Gasteiger charge is 2.16. The molecule has 0 fully saturated rings. The van der Waals surface area contributed by atoms with E-state index in [1.165, 1.54) is 27.5 Å². The van der Waals surface area contributed by atoms with Gasteiger partial charge in [0.05, 0.1) is 5.69 Å². The Morgan fingerprint density at radius 3 is 2.50 bits per heavy atom. The number of nitrogens with two attached hydrogens (primary N) is 1. The summed E-state index contributed by atoms with van der Waals surface area (Å²) in [5.74, 6) is 0.953. The minimum atomic E-state index is 0.391. The second-order valence-corrected chi connectivity index (χ2v) is 7.25. The van der Waals surface area contributed by atoms with Gasteiger partial charge in [-0.15, -0.1) is 0 Å². The maximum atomic E-state index is 6.33. The summed E-state index contributed by atoms with van der Waals surface area (Å²) in [5.41, 5.74) is 11.5. The number of guanidine groups is 1. The van der Waals surface area contributed by atoms with Gasteiger partial charge in [0.25, 0.3) is 0 Å². The van der Waals surface area contributed by atoms with E-state index in [1.54, 1.807) is 0 Å². The van der Waals surface area contributed by atoms with Gasteiger partial charge in [0.2, 0.25) is 0 Å². The van der Waals surface area contributed by atoms with E-state index in [4.69, 9.17) is 10.7 Å². The van der Waals surface area contributed by atoms with Gasteiger partial charge in [0.1, 0.15) is 0 Å². The zero-order chi connectivity index (χ0) is 18.1. The summed E-state index contributed by atoms with van der Waals surface area (Å²) in [6.45, 7) is 3.05. The van der Waals surface area contributed by atoms with E-state index in [1.807, 2.05) is 18.0 Å². The Labute approximate surface area is 155 Å². The van der Waals surface area contributed by atoms with Crippen LogP contribution in [0.4, 0.5) is 5.69 Å². The van der Waals surface area contributed by atoms with Crippen LogP contribution < -0.4 is 5.73 Å². The predicted molar refractivity (Wildman–Crippen MR) is 110 cm³/mol. The van der Waals surface area contributed by atoms with Crippen LogP contribution in [-0.4, -0.2) is 24.5 Å². The minimum Gasteiger partial charge on any atom is -0.369 e. The molecule has 1 atom stereocenters. The van der Waals surface area contributed by atoms with Crippen molar-refractivity contribution in [3.05, 3.63) is 77.4 Å². The van der Waals surface area contributed by atoms with Gasteiger partial charge in [0, 0.05) is 19.0 Å². The molecule has 0 saturated carbocycles. The van der Waals surface area contributed by atoms with E-state index < -0.39 is 0 Å². The van der Waals surface area contributed by atoms with Crippen molar-refractivity contribution in [2.24, 2.45) is 10.7 Å². The molecule has 1 aliphatic carbocycles. The fraction of sp³-hybridized carbons (Fsp3) is 0.261. The third-order valence-corrected chi connectivity index (χ3v) is 5.40. The first-order valence-corrected chi connectivity index (χ1v) is 9.27. The lowest BCUT2D eigenvalue weighted by atomic mass is 10.0. The highest BCUT2D eigenvalue weighted by atomic mass is 15.2. The van der Waals surface area contributed by atoms with Crippen molar-refractivity contribution in [1.29, 1.82) is 0 Å². The maximum Gasteiger partial charge on any atom is 0.196 e. The predicted octanol–water partition coefficient (Wildman–Crippen LogP) is 4.62. The van der Waals surface area contributed by atoms with Gasteiger partial charge < -0.3 is 10.6 Å². The SMILES string of the molecule is CC(CN(C)C(N)=Nc1ccc2c3c(cccc13)CC2)c1ccccc1. The first-order valence-electron chi connectivity index (χ1n) is 9.27. The molecule has 1 aliphatic rings. The van der Waals surface area contributed by atoms with Gasteiger partial charge in [0.15, 0.2) is 5.96 Å². The molecule has 3 heteroatoms. The van der Waals surface area contributed by atoms with Gasteiger partial charge in [-0.1, -0.05) is 61.5 Å². The first kappa shape index (κ1) is 16.6. The maximum absolute atomic E-state index is 6.33. The van der Waals surface area contributed by atoms with E-state index in [9.17, 15) is 0 Å². The van der Waals surface area contributed by atoms with E-state index in [-0.39, 0.29) is 0 Å². The first-order chi connectivity index (χ1) is 12.6. The number of hydrogen-bond donors (Lipinski definition) is 1. The number of likely N-dealkylation sites (N-methyl/N-ethyl adjacent to an activating group) is 1. The monoisotopic (exact) mass is 343 g/mol. The fourth-order valence-corrected chi connectivity index (χ4v) is 3.93. The zero-order valence-corrected chi connectivity index (χ0v) is 15.4. The van der Waals surface area contributed by atoms with Crippen molar-refractivity contribution in [2.75, 3.05) is 13.6 Å². The Morgan fingerprint density at radius 2 is 1.73 bits per heavy atom. The molecule has 0 aromatic heterocycles. The highest BCUT2D eigenvalue weighted by Crippen LogP contribution is 2.36. The quantitative estimate of drug-likeness (QED) is 0.555. The van der Waals surface area contributed by atoms with Crippen molar-refractivity contribution in [2.45, 2.75) is 25.7 Å². The largest absolute Gasteiger partial charge is 0.369 e. The molecular weight excluding hydrogens is 318 g/mol. The smallest absolute Gasteiger partial charge is 0.196 e. The van der Waals surface area contributed by atoms with Crippen LogP contribution in [0.1, 0.15) is 29.5 Å². The molecule has 0 aliphatic heterocycles. The lowest BCUT2D eigenvalue weighted by Crippen LogP contribution is -2.36. The molecular formula is C23H25N3. The molecule has 0 saturated heterocycles. The van der Waals surface area contributed by atoms with Crippen LogP contribution in [0.5, 0.6) is 0 Å². The van der Waals surface area contributed by atoms with Crippen LogP contribution in [0.2, 0.25) is 0 Å². The number of aryl methyl sites for hydroxylation is 2. The molecule has 0 amide bonds. The van der Waals surface area contributed by atoms with Gasteiger partial charge in [-0.2, -0.15) is 0 Å². The highest BCUT2D eigenvalue weighted by molar-refractivity contribution is 6.00. The molecule has 1 unspecified atom stereocenters. The number of aliphatic imine (C=N–C) groups is 1. The van der Waals surface area contributed by atoms with Crippen molar-refractivity contribution < 1.29 is 0 Å². The van der Waals surface area contributed by atoms with Crippen molar-refractivity contribution >= 4 is 22.4 Å². The molecule has 26 heavy (non-hydrogen) atoms. The van der Waals surface area contributed by atoms with Gasteiger partial charge in [-0.25, -0.2) is 4.99 Å². The summed E-state index contributed by atoms with van der Waals surface area (Å²) in [4.78, 5) is 6.81. The summed E-state index contributed by atoms with van der Waals surface area (Å²) in [5, 5.41) is 2.59. The Bertz CT molecular complexity index is 950. The molecule has 3 aromatic carbocycles. The summed E-state index contributed by atoms with van der Waals surface area (Å²) in [6, 6.07) is 21.4. The van der Waals surface area contributed by atoms with Gasteiger partial charge >= 0.3 is 0 Å². The van der Waals surface area contributed by atoms with Crippen LogP contribution in [-0.2, 0) is 12.8 Å². The minimum absolute atomic E-state index is 0.391. The summed E-state index contributed by atoms with van der Waals surface area (Å²) < 4.78 is 0. The van der Waals surface area contributed by atoms with E-state index in [0.717, 1.165) is 25.1 Å². The molecule has 3 nitrogen and oxygen atoms in total. The molecule has 2 N–H and O–H groups in total. The number of rotatable bonds is 4. The molecule has 3 aromatic rings. The number of benzene rings is 3. The normalized spacial score (nSPS) is 14.6. The van der Waals surface area contributed by atoms with Crippen LogP contribution in [0, 0.1) is 0 Å². The number of hydrogen-bond acceptors (Lipinski definition) is 1. The molecule has 132 valence electrons. The van der Waals surface area contributed by atoms with Gasteiger partial charge in [-0.05, 0) is 46.9 Å². The zero-order valence-electron chi connectivity index (χ0n) is 15.4. The Morgan fingerprint density at radius 1 is 1.00 bits per heavy atom. The third kappa shape index (κ3) is 3.05. The van der Waals surface area contributed by atoms with Crippen LogP contribution >= 0.6 is 0 Å². The lowest BCUT2D eigenvalue weighted by molar-refractivity contribution is 0.460. The molecule has 0 heterocycles. The fourth-order valence-electron chi connectivity index (χ4n) is 3.93. The van der Waals surface area contributed by atoms with Crippen molar-refractivity contribution in [3.8, 4) is 0 Å². The van der Waals surface area contributed by atoms with Crippen molar-refractivity contribution in [1.82, 2.24) is 4.90 Å².